The summed E-state index contributed by atoms with van der Waals surface area (Å²) < 4.78 is 7.51. The Hall–Kier alpha value is -2.90. The van der Waals surface area contributed by atoms with Crippen LogP contribution in [0.15, 0.2) is 48.5 Å². The monoisotopic (exact) mass is 439 g/mol. The van der Waals surface area contributed by atoms with Gasteiger partial charge in [0.25, 0.3) is 5.91 Å². The largest absolute Gasteiger partial charge is 0.492 e. The Labute approximate surface area is 187 Å². The van der Waals surface area contributed by atoms with E-state index in [2.05, 4.69) is 15.0 Å². The number of ether oxygens (including phenoxy) is 1. The molecule has 0 bridgehead atoms. The van der Waals surface area contributed by atoms with Gasteiger partial charge in [0.2, 0.25) is 0 Å². The van der Waals surface area contributed by atoms with Crippen molar-refractivity contribution < 1.29 is 9.53 Å². The topological polar surface area (TPSA) is 63.5 Å². The Kier molecular flexibility index (Phi) is 6.53. The van der Waals surface area contributed by atoms with E-state index in [1.807, 2.05) is 55.1 Å². The standard InChI is InChI=1S/C23H26ClN5O2/c1-17-16-18(2)29(26-17)21-9-8-20(24)22(25-21)23(30)28-12-10-27(11-13-28)14-15-31-19-6-4-3-5-7-19/h3-9,16H,10-15H2,1-2H3. The van der Waals surface area contributed by atoms with E-state index in [1.54, 1.807) is 16.8 Å². The van der Waals surface area contributed by atoms with Crippen LogP contribution >= 0.6 is 11.6 Å². The summed E-state index contributed by atoms with van der Waals surface area (Å²) in [4.78, 5) is 21.8. The van der Waals surface area contributed by atoms with E-state index in [1.165, 1.54) is 0 Å². The minimum Gasteiger partial charge on any atom is -0.492 e. The number of aromatic nitrogens is 3. The molecule has 1 aliphatic rings. The molecule has 7 nitrogen and oxygen atoms in total. The molecule has 4 rings (SSSR count). The van der Waals surface area contributed by atoms with Crippen molar-refractivity contribution in [2.75, 3.05) is 39.3 Å². The van der Waals surface area contributed by atoms with Gasteiger partial charge in [-0.2, -0.15) is 5.10 Å². The quantitative estimate of drug-likeness (QED) is 0.589. The number of amides is 1. The molecule has 0 N–H and O–H groups in total. The van der Waals surface area contributed by atoms with Gasteiger partial charge < -0.3 is 9.64 Å². The average Bonchev–Trinajstić information content (AvgIpc) is 3.13. The molecule has 0 unspecified atom stereocenters. The number of carbonyl (C=O) groups is 1. The molecular weight excluding hydrogens is 414 g/mol. The number of piperazine rings is 1. The van der Waals surface area contributed by atoms with Crippen LogP contribution in [-0.4, -0.2) is 69.8 Å². The van der Waals surface area contributed by atoms with Crippen molar-refractivity contribution in [1.29, 1.82) is 0 Å². The molecule has 31 heavy (non-hydrogen) atoms. The smallest absolute Gasteiger partial charge is 0.274 e. The fourth-order valence-corrected chi connectivity index (χ4v) is 3.88. The van der Waals surface area contributed by atoms with Crippen molar-refractivity contribution in [1.82, 2.24) is 24.6 Å². The minimum absolute atomic E-state index is 0.145. The lowest BCUT2D eigenvalue weighted by Crippen LogP contribution is -2.49. The number of benzene rings is 1. The van der Waals surface area contributed by atoms with E-state index >= 15 is 0 Å². The first-order chi connectivity index (χ1) is 15.0. The number of pyridine rings is 1. The van der Waals surface area contributed by atoms with Crippen molar-refractivity contribution in [3.8, 4) is 11.6 Å². The molecule has 1 amide bonds. The number of hydrogen-bond acceptors (Lipinski definition) is 5. The fourth-order valence-electron chi connectivity index (χ4n) is 3.69. The molecule has 3 aromatic rings. The highest BCUT2D eigenvalue weighted by Crippen LogP contribution is 2.20. The van der Waals surface area contributed by atoms with Crippen molar-refractivity contribution in [2.45, 2.75) is 13.8 Å². The zero-order chi connectivity index (χ0) is 21.8. The second kappa shape index (κ2) is 9.49. The molecule has 0 saturated carbocycles. The number of para-hydroxylation sites is 1. The lowest BCUT2D eigenvalue weighted by atomic mass is 10.2. The summed E-state index contributed by atoms with van der Waals surface area (Å²) in [6.45, 7) is 8.17. The summed E-state index contributed by atoms with van der Waals surface area (Å²) in [5.74, 6) is 1.32. The first-order valence-electron chi connectivity index (χ1n) is 10.4. The van der Waals surface area contributed by atoms with Crippen LogP contribution < -0.4 is 4.74 Å². The SMILES string of the molecule is Cc1cc(C)n(-c2ccc(Cl)c(C(=O)N3CCN(CCOc4ccccc4)CC3)n2)n1. The summed E-state index contributed by atoms with van der Waals surface area (Å²) in [6, 6.07) is 15.3. The van der Waals surface area contributed by atoms with E-state index in [4.69, 9.17) is 16.3 Å². The molecule has 0 radical (unpaired) electrons. The summed E-state index contributed by atoms with van der Waals surface area (Å²) in [7, 11) is 0. The zero-order valence-electron chi connectivity index (χ0n) is 17.8. The normalized spacial score (nSPS) is 14.6. The second-order valence-electron chi connectivity index (χ2n) is 7.63. The van der Waals surface area contributed by atoms with Gasteiger partial charge in [-0.25, -0.2) is 9.67 Å². The molecule has 2 aromatic heterocycles. The van der Waals surface area contributed by atoms with Crippen molar-refractivity contribution in [3.05, 3.63) is 70.6 Å². The van der Waals surface area contributed by atoms with Gasteiger partial charge in [0.05, 0.1) is 10.7 Å². The van der Waals surface area contributed by atoms with Crippen LogP contribution in [0, 0.1) is 13.8 Å². The van der Waals surface area contributed by atoms with Gasteiger partial charge >= 0.3 is 0 Å². The number of aryl methyl sites for hydroxylation is 2. The summed E-state index contributed by atoms with van der Waals surface area (Å²) >= 11 is 6.33. The predicted octanol–water partition coefficient (Wildman–Crippen LogP) is 3.37. The summed E-state index contributed by atoms with van der Waals surface area (Å²) in [5.41, 5.74) is 2.12. The lowest BCUT2D eigenvalue weighted by molar-refractivity contribution is 0.0615. The van der Waals surface area contributed by atoms with Crippen molar-refractivity contribution >= 4 is 17.5 Å². The molecule has 1 aromatic carbocycles. The molecule has 0 atom stereocenters. The first-order valence-corrected chi connectivity index (χ1v) is 10.8. The zero-order valence-corrected chi connectivity index (χ0v) is 18.5. The molecule has 3 heterocycles. The maximum Gasteiger partial charge on any atom is 0.274 e. The molecule has 1 fully saturated rings. The third-order valence-corrected chi connectivity index (χ3v) is 5.64. The number of nitrogens with zero attached hydrogens (tertiary/aromatic N) is 5. The van der Waals surface area contributed by atoms with Crippen molar-refractivity contribution in [3.63, 3.8) is 0 Å². The Morgan fingerprint density at radius 3 is 2.48 bits per heavy atom. The maximum absolute atomic E-state index is 13.1. The summed E-state index contributed by atoms with van der Waals surface area (Å²) in [5, 5.41) is 4.81. The van der Waals surface area contributed by atoms with Gasteiger partial charge in [-0.15, -0.1) is 0 Å². The number of carbonyl (C=O) groups excluding carboxylic acids is 1. The third-order valence-electron chi connectivity index (χ3n) is 5.34. The Morgan fingerprint density at radius 2 is 1.81 bits per heavy atom. The van der Waals surface area contributed by atoms with E-state index in [0.29, 0.717) is 30.5 Å². The van der Waals surface area contributed by atoms with Gasteiger partial charge in [-0.1, -0.05) is 29.8 Å². The van der Waals surface area contributed by atoms with Crippen molar-refractivity contribution in [2.24, 2.45) is 0 Å². The third kappa shape index (κ3) is 5.06. The van der Waals surface area contributed by atoms with Crippen LogP contribution in [0.4, 0.5) is 0 Å². The Balaban J connectivity index is 1.35. The first kappa shape index (κ1) is 21.3. The van der Waals surface area contributed by atoms with Crippen LogP contribution in [0.3, 0.4) is 0 Å². The van der Waals surface area contributed by atoms with E-state index in [-0.39, 0.29) is 11.6 Å². The number of hydrogen-bond donors (Lipinski definition) is 0. The fraction of sp³-hybridized carbons (Fsp3) is 0.348. The Bertz CT molecular complexity index is 1050. The van der Waals surface area contributed by atoms with Gasteiger partial charge in [-0.05, 0) is 44.2 Å². The molecule has 0 spiro atoms. The molecule has 8 heteroatoms. The van der Waals surface area contributed by atoms with Crippen LogP contribution in [0.1, 0.15) is 21.9 Å². The molecule has 0 aliphatic carbocycles. The van der Waals surface area contributed by atoms with Crippen LogP contribution in [0.5, 0.6) is 5.75 Å². The van der Waals surface area contributed by atoms with Gasteiger partial charge in [0, 0.05) is 38.4 Å². The molecular formula is C23H26ClN5O2. The second-order valence-corrected chi connectivity index (χ2v) is 8.04. The van der Waals surface area contributed by atoms with Gasteiger partial charge in [-0.3, -0.25) is 9.69 Å². The van der Waals surface area contributed by atoms with E-state index < -0.39 is 0 Å². The minimum atomic E-state index is -0.145. The lowest BCUT2D eigenvalue weighted by Gasteiger charge is -2.34. The van der Waals surface area contributed by atoms with Crippen LogP contribution in [0.25, 0.3) is 5.82 Å². The predicted molar refractivity (Wildman–Crippen MR) is 120 cm³/mol. The van der Waals surface area contributed by atoms with Gasteiger partial charge in [0.15, 0.2) is 5.82 Å². The molecule has 162 valence electrons. The molecule has 1 saturated heterocycles. The number of halogens is 1. The average molecular weight is 440 g/mol. The number of rotatable bonds is 6. The van der Waals surface area contributed by atoms with E-state index in [9.17, 15) is 4.79 Å². The highest BCUT2D eigenvalue weighted by Gasteiger charge is 2.25. The van der Waals surface area contributed by atoms with Crippen LogP contribution in [0.2, 0.25) is 5.02 Å². The van der Waals surface area contributed by atoms with Gasteiger partial charge in [0.1, 0.15) is 18.1 Å². The van der Waals surface area contributed by atoms with Crippen LogP contribution in [-0.2, 0) is 0 Å². The van der Waals surface area contributed by atoms with E-state index in [0.717, 1.165) is 36.8 Å². The maximum atomic E-state index is 13.1. The molecule has 1 aliphatic heterocycles. The Morgan fingerprint density at radius 1 is 1.06 bits per heavy atom. The highest BCUT2D eigenvalue weighted by atomic mass is 35.5. The highest BCUT2D eigenvalue weighted by molar-refractivity contribution is 6.33. The summed E-state index contributed by atoms with van der Waals surface area (Å²) in [6.07, 6.45) is 0.